The van der Waals surface area contributed by atoms with Gasteiger partial charge in [0.2, 0.25) is 5.91 Å². The molecule has 3 amide bonds. The van der Waals surface area contributed by atoms with Crippen molar-refractivity contribution in [1.82, 2.24) is 9.47 Å². The molecular formula is C20H21N3O3S. The quantitative estimate of drug-likeness (QED) is 0.819. The van der Waals surface area contributed by atoms with Gasteiger partial charge in [0, 0.05) is 24.1 Å². The van der Waals surface area contributed by atoms with Gasteiger partial charge in [-0.25, -0.2) is 0 Å². The third-order valence-corrected chi connectivity index (χ3v) is 5.43. The molecule has 7 heteroatoms. The van der Waals surface area contributed by atoms with Gasteiger partial charge in [0.1, 0.15) is 6.54 Å². The van der Waals surface area contributed by atoms with Crippen LogP contribution in [0.2, 0.25) is 0 Å². The lowest BCUT2D eigenvalue weighted by molar-refractivity contribution is -0.127. The van der Waals surface area contributed by atoms with E-state index in [4.69, 9.17) is 0 Å². The highest BCUT2D eigenvalue weighted by atomic mass is 32.2. The normalized spacial score (nSPS) is 15.7. The summed E-state index contributed by atoms with van der Waals surface area (Å²) in [5.74, 6) is -0.847. The zero-order valence-corrected chi connectivity index (χ0v) is 16.5. The number of benzene rings is 1. The molecule has 0 radical (unpaired) electrons. The summed E-state index contributed by atoms with van der Waals surface area (Å²) in [6.07, 6.45) is 1.68. The van der Waals surface area contributed by atoms with Gasteiger partial charge in [-0.2, -0.15) is 0 Å². The zero-order chi connectivity index (χ0) is 19.7. The summed E-state index contributed by atoms with van der Waals surface area (Å²) in [5.41, 5.74) is 4.58. The molecule has 3 rings (SSSR count). The van der Waals surface area contributed by atoms with Crippen molar-refractivity contribution in [2.75, 3.05) is 11.9 Å². The predicted molar refractivity (Wildman–Crippen MR) is 107 cm³/mol. The first kappa shape index (κ1) is 19.0. The van der Waals surface area contributed by atoms with E-state index in [1.54, 1.807) is 6.08 Å². The highest BCUT2D eigenvalue weighted by Crippen LogP contribution is 2.32. The molecule has 2 aromatic rings. The first-order chi connectivity index (χ1) is 12.8. The molecule has 1 fully saturated rings. The maximum atomic E-state index is 12.6. The van der Waals surface area contributed by atoms with Crippen molar-refractivity contribution in [3.8, 4) is 0 Å². The first-order valence-electron chi connectivity index (χ1n) is 8.51. The van der Waals surface area contributed by atoms with Gasteiger partial charge in [0.25, 0.3) is 11.1 Å². The Hall–Kier alpha value is -2.80. The molecule has 0 aliphatic carbocycles. The standard InChI is InChI=1S/C20H21N3O3S/c1-12-5-8-16(13(2)9-12)21-18(24)11-23-19(25)17(27-20(23)26)10-15-7-6-14(3)22(15)4/h5-10H,11H2,1-4H3,(H,21,24)/b17-10-. The van der Waals surface area contributed by atoms with Crippen LogP contribution in [0.5, 0.6) is 0 Å². The second-order valence-corrected chi connectivity index (χ2v) is 7.59. The van der Waals surface area contributed by atoms with Crippen molar-refractivity contribution in [2.45, 2.75) is 20.8 Å². The van der Waals surface area contributed by atoms with Gasteiger partial charge in [-0.1, -0.05) is 17.7 Å². The second-order valence-electron chi connectivity index (χ2n) is 6.59. The van der Waals surface area contributed by atoms with E-state index < -0.39 is 17.1 Å². The summed E-state index contributed by atoms with van der Waals surface area (Å²) >= 11 is 0.853. The molecule has 1 aliphatic rings. The fourth-order valence-electron chi connectivity index (χ4n) is 2.84. The minimum Gasteiger partial charge on any atom is -0.348 e. The molecule has 1 aromatic heterocycles. The number of nitrogens with one attached hydrogen (secondary N) is 1. The monoisotopic (exact) mass is 383 g/mol. The number of rotatable bonds is 4. The lowest BCUT2D eigenvalue weighted by Crippen LogP contribution is -2.36. The number of hydrogen-bond donors (Lipinski definition) is 1. The Kier molecular flexibility index (Phi) is 5.23. The van der Waals surface area contributed by atoms with E-state index in [9.17, 15) is 14.4 Å². The van der Waals surface area contributed by atoms with Crippen LogP contribution >= 0.6 is 11.8 Å². The summed E-state index contributed by atoms with van der Waals surface area (Å²) in [4.78, 5) is 38.4. The van der Waals surface area contributed by atoms with Gasteiger partial charge in [-0.05, 0) is 62.4 Å². The molecule has 0 saturated carbocycles. The summed E-state index contributed by atoms with van der Waals surface area (Å²) in [5, 5.41) is 2.33. The second kappa shape index (κ2) is 7.44. The third kappa shape index (κ3) is 3.98. The SMILES string of the molecule is Cc1ccc(NC(=O)CN2C(=O)S/C(=C\c3ccc(C)n3C)C2=O)c(C)c1. The van der Waals surface area contributed by atoms with E-state index in [-0.39, 0.29) is 6.54 Å². The molecule has 2 heterocycles. The van der Waals surface area contributed by atoms with Crippen molar-refractivity contribution in [1.29, 1.82) is 0 Å². The Morgan fingerprint density at radius 1 is 1.15 bits per heavy atom. The molecule has 140 valence electrons. The summed E-state index contributed by atoms with van der Waals surface area (Å²) < 4.78 is 1.93. The molecule has 1 saturated heterocycles. The topological polar surface area (TPSA) is 71.4 Å². The van der Waals surface area contributed by atoms with E-state index in [2.05, 4.69) is 5.32 Å². The number of amides is 3. The highest BCUT2D eigenvalue weighted by molar-refractivity contribution is 8.18. The zero-order valence-electron chi connectivity index (χ0n) is 15.7. The first-order valence-corrected chi connectivity index (χ1v) is 9.32. The van der Waals surface area contributed by atoms with Crippen LogP contribution in [0.4, 0.5) is 10.5 Å². The van der Waals surface area contributed by atoms with Gasteiger partial charge in [-0.3, -0.25) is 19.3 Å². The minimum atomic E-state index is -0.445. The lowest BCUT2D eigenvalue weighted by atomic mass is 10.1. The largest absolute Gasteiger partial charge is 0.348 e. The van der Waals surface area contributed by atoms with E-state index in [0.29, 0.717) is 10.6 Å². The molecule has 0 bridgehead atoms. The molecular weight excluding hydrogens is 362 g/mol. The van der Waals surface area contributed by atoms with Crippen LogP contribution < -0.4 is 5.32 Å². The van der Waals surface area contributed by atoms with Gasteiger partial charge in [-0.15, -0.1) is 0 Å². The Bertz CT molecular complexity index is 975. The highest BCUT2D eigenvalue weighted by Gasteiger charge is 2.36. The lowest BCUT2D eigenvalue weighted by Gasteiger charge is -2.14. The number of aromatic nitrogens is 1. The molecule has 27 heavy (non-hydrogen) atoms. The van der Waals surface area contributed by atoms with Crippen molar-refractivity contribution in [2.24, 2.45) is 7.05 Å². The van der Waals surface area contributed by atoms with E-state index in [1.807, 2.05) is 62.7 Å². The number of hydrogen-bond acceptors (Lipinski definition) is 4. The maximum absolute atomic E-state index is 12.6. The summed E-state index contributed by atoms with van der Waals surface area (Å²) in [6.45, 7) is 5.52. The van der Waals surface area contributed by atoms with Crippen LogP contribution in [0.15, 0.2) is 35.2 Å². The maximum Gasteiger partial charge on any atom is 0.294 e. The van der Waals surface area contributed by atoms with Crippen LogP contribution in [0.25, 0.3) is 6.08 Å². The van der Waals surface area contributed by atoms with Crippen molar-refractivity contribution in [3.05, 3.63) is 57.8 Å². The van der Waals surface area contributed by atoms with Crippen molar-refractivity contribution < 1.29 is 14.4 Å². The average molecular weight is 383 g/mol. The fourth-order valence-corrected chi connectivity index (χ4v) is 3.66. The van der Waals surface area contributed by atoms with E-state index in [1.165, 1.54) is 0 Å². The minimum absolute atomic E-state index is 0.304. The van der Waals surface area contributed by atoms with Crippen LogP contribution in [0, 0.1) is 20.8 Å². The molecule has 0 unspecified atom stereocenters. The van der Waals surface area contributed by atoms with E-state index >= 15 is 0 Å². The number of thioether (sulfide) groups is 1. The van der Waals surface area contributed by atoms with Crippen LogP contribution in [0.3, 0.4) is 0 Å². The third-order valence-electron chi connectivity index (χ3n) is 4.52. The molecule has 1 aromatic carbocycles. The number of imide groups is 1. The van der Waals surface area contributed by atoms with Crippen molar-refractivity contribution >= 4 is 40.6 Å². The summed E-state index contributed by atoms with van der Waals surface area (Å²) in [6, 6.07) is 9.49. The molecule has 1 aliphatic heterocycles. The van der Waals surface area contributed by atoms with Gasteiger partial charge in [0.05, 0.1) is 4.91 Å². The van der Waals surface area contributed by atoms with Crippen molar-refractivity contribution in [3.63, 3.8) is 0 Å². The van der Waals surface area contributed by atoms with Gasteiger partial charge in [0.15, 0.2) is 0 Å². The Morgan fingerprint density at radius 3 is 2.52 bits per heavy atom. The number of nitrogens with zero attached hydrogens (tertiary/aromatic N) is 2. The Labute approximate surface area is 162 Å². The Morgan fingerprint density at radius 2 is 1.89 bits per heavy atom. The van der Waals surface area contributed by atoms with Crippen LogP contribution in [-0.4, -0.2) is 33.1 Å². The number of anilines is 1. The Balaban J connectivity index is 1.72. The number of carbonyl (C=O) groups is 3. The van der Waals surface area contributed by atoms with Gasteiger partial charge >= 0.3 is 0 Å². The molecule has 0 spiro atoms. The van der Waals surface area contributed by atoms with Crippen LogP contribution in [0.1, 0.15) is 22.5 Å². The van der Waals surface area contributed by atoms with E-state index in [0.717, 1.165) is 39.2 Å². The molecule has 0 atom stereocenters. The average Bonchev–Trinajstić information content (AvgIpc) is 3.05. The molecule has 1 N–H and O–H groups in total. The number of aryl methyl sites for hydroxylation is 3. The molecule has 6 nitrogen and oxygen atoms in total. The summed E-state index contributed by atoms with van der Waals surface area (Å²) in [7, 11) is 1.89. The predicted octanol–water partition coefficient (Wildman–Crippen LogP) is 3.63. The van der Waals surface area contributed by atoms with Crippen LogP contribution in [-0.2, 0) is 16.6 Å². The fraction of sp³-hybridized carbons (Fsp3) is 0.250. The van der Waals surface area contributed by atoms with Gasteiger partial charge < -0.3 is 9.88 Å². The number of carbonyl (C=O) groups excluding carboxylic acids is 3. The smallest absolute Gasteiger partial charge is 0.294 e.